The van der Waals surface area contributed by atoms with Crippen LogP contribution >= 0.6 is 0 Å². The summed E-state index contributed by atoms with van der Waals surface area (Å²) >= 11 is 0. The van der Waals surface area contributed by atoms with Crippen molar-refractivity contribution in [3.63, 3.8) is 0 Å². The summed E-state index contributed by atoms with van der Waals surface area (Å²) in [4.78, 5) is 21.1. The van der Waals surface area contributed by atoms with E-state index in [0.29, 0.717) is 17.9 Å². The van der Waals surface area contributed by atoms with Gasteiger partial charge in [0.2, 0.25) is 5.91 Å². The lowest BCUT2D eigenvalue weighted by Gasteiger charge is -2.61. The molecule has 1 aromatic rings. The number of benzene rings is 1. The van der Waals surface area contributed by atoms with Gasteiger partial charge in [0, 0.05) is 19.5 Å². The van der Waals surface area contributed by atoms with Gasteiger partial charge < -0.3 is 4.90 Å². The Hall–Kier alpha value is -1.81. The fraction of sp³-hybridized carbons (Fsp3) is 0.667. The van der Waals surface area contributed by atoms with Gasteiger partial charge in [-0.2, -0.15) is 0 Å². The second-order valence-electron chi connectivity index (χ2n) is 11.3. The first-order valence-corrected chi connectivity index (χ1v) is 12.4. The molecule has 5 aliphatic rings. The maximum absolute atomic E-state index is 12.4. The van der Waals surface area contributed by atoms with Crippen LogP contribution in [0, 0.1) is 28.6 Å². The number of fused-ring (bicyclic) bond motifs is 7. The van der Waals surface area contributed by atoms with E-state index in [4.69, 9.17) is 4.84 Å². The average Bonchev–Trinajstić information content (AvgIpc) is 3.09. The number of carbonyl (C=O) groups excluding carboxylic acids is 1. The van der Waals surface area contributed by atoms with Gasteiger partial charge in [-0.1, -0.05) is 38.1 Å². The minimum Gasteiger partial charge on any atom is -0.342 e. The number of amides is 1. The third-order valence-corrected chi connectivity index (χ3v) is 10.2. The van der Waals surface area contributed by atoms with Crippen molar-refractivity contribution in [3.8, 4) is 0 Å². The highest BCUT2D eigenvalue weighted by Crippen LogP contribution is 2.66. The third-order valence-electron chi connectivity index (χ3n) is 10.2. The molecule has 1 saturated heterocycles. The fourth-order valence-electron chi connectivity index (χ4n) is 8.59. The molecule has 4 nitrogen and oxygen atoms in total. The Labute approximate surface area is 186 Å². The van der Waals surface area contributed by atoms with Crippen molar-refractivity contribution in [2.75, 3.05) is 18.7 Å². The summed E-state index contributed by atoms with van der Waals surface area (Å²) < 4.78 is 0. The molecule has 0 bridgehead atoms. The van der Waals surface area contributed by atoms with Crippen molar-refractivity contribution in [1.29, 1.82) is 0 Å². The number of hydroxylamine groups is 1. The molecule has 3 aliphatic carbocycles. The van der Waals surface area contributed by atoms with E-state index in [0.717, 1.165) is 43.3 Å². The summed E-state index contributed by atoms with van der Waals surface area (Å²) in [7, 11) is 2.05. The van der Waals surface area contributed by atoms with Crippen LogP contribution in [0.1, 0.15) is 58.8 Å². The highest BCUT2D eigenvalue weighted by Gasteiger charge is 2.62. The average molecular weight is 421 g/mol. The van der Waals surface area contributed by atoms with Crippen LogP contribution in [0.15, 0.2) is 42.0 Å². The number of carbonyl (C=O) groups is 1. The number of rotatable bonds is 1. The second kappa shape index (κ2) is 6.84. The first-order chi connectivity index (χ1) is 14.9. The van der Waals surface area contributed by atoms with E-state index in [1.807, 2.05) is 0 Å². The minimum absolute atomic E-state index is 0.226. The number of likely N-dealkylation sites (tertiary alicyclic amines) is 1. The maximum atomic E-state index is 12.4. The molecule has 7 atom stereocenters. The van der Waals surface area contributed by atoms with Crippen molar-refractivity contribution in [3.05, 3.63) is 42.0 Å². The summed E-state index contributed by atoms with van der Waals surface area (Å²) in [6.07, 6.45) is 10.7. The van der Waals surface area contributed by atoms with E-state index in [1.165, 1.54) is 25.7 Å². The van der Waals surface area contributed by atoms with Gasteiger partial charge in [-0.25, -0.2) is 5.06 Å². The number of piperidine rings is 1. The Morgan fingerprint density at radius 1 is 1.03 bits per heavy atom. The molecule has 1 amide bonds. The molecular formula is C27H36N2O2. The SMILES string of the molecule is CN1C(=O)CC[C@]2(C)[C@H]3CC[C@]4(C)C5=CCN(c6ccccc6)O[C@@H]5C[C@H]4[C@@H]3CC[C@@H]12. The summed E-state index contributed by atoms with van der Waals surface area (Å²) in [5, 5.41) is 2.09. The van der Waals surface area contributed by atoms with E-state index < -0.39 is 0 Å². The third kappa shape index (κ3) is 2.73. The molecule has 4 heteroatoms. The van der Waals surface area contributed by atoms with E-state index in [-0.39, 0.29) is 16.9 Å². The Bertz CT molecular complexity index is 913. The van der Waals surface area contributed by atoms with Gasteiger partial charge in [0.15, 0.2) is 0 Å². The van der Waals surface area contributed by atoms with Gasteiger partial charge in [0.1, 0.15) is 6.10 Å². The molecule has 4 fully saturated rings. The zero-order valence-electron chi connectivity index (χ0n) is 19.2. The summed E-state index contributed by atoms with van der Waals surface area (Å²) in [5.74, 6) is 2.57. The van der Waals surface area contributed by atoms with Crippen molar-refractivity contribution in [2.24, 2.45) is 28.6 Å². The van der Waals surface area contributed by atoms with Crippen LogP contribution in [0.2, 0.25) is 0 Å². The molecule has 2 heterocycles. The lowest BCUT2D eigenvalue weighted by molar-refractivity contribution is -0.156. The standard InChI is InChI=1S/C27H36N2O2/c1-26-14-11-20-19(9-10-24-27(20,2)15-12-25(30)28(24)3)22(26)17-23-21(26)13-16-29(31-23)18-7-5-4-6-8-18/h4-8,13,19-20,22-24H,9-12,14-17H2,1-3H3/t19-,20+,22+,23-,24-,26-,27-/m1/s1. The van der Waals surface area contributed by atoms with Crippen LogP contribution in [0.5, 0.6) is 0 Å². The van der Waals surface area contributed by atoms with Crippen molar-refractivity contribution >= 4 is 11.6 Å². The zero-order chi connectivity index (χ0) is 21.4. The van der Waals surface area contributed by atoms with Crippen LogP contribution in [-0.2, 0) is 9.63 Å². The van der Waals surface area contributed by atoms with Crippen molar-refractivity contribution < 1.29 is 9.63 Å². The molecule has 0 spiro atoms. The second-order valence-corrected chi connectivity index (χ2v) is 11.3. The van der Waals surface area contributed by atoms with Crippen LogP contribution in [0.3, 0.4) is 0 Å². The van der Waals surface area contributed by atoms with Crippen molar-refractivity contribution in [1.82, 2.24) is 4.90 Å². The predicted octanol–water partition coefficient (Wildman–Crippen LogP) is 5.21. The highest BCUT2D eigenvalue weighted by atomic mass is 16.7. The van der Waals surface area contributed by atoms with E-state index >= 15 is 0 Å². The molecule has 31 heavy (non-hydrogen) atoms. The van der Waals surface area contributed by atoms with Crippen molar-refractivity contribution in [2.45, 2.75) is 70.9 Å². The topological polar surface area (TPSA) is 32.8 Å². The number of hydrogen-bond donors (Lipinski definition) is 0. The van der Waals surface area contributed by atoms with E-state index in [2.05, 4.69) is 67.3 Å². The number of hydrogen-bond acceptors (Lipinski definition) is 3. The lowest BCUT2D eigenvalue weighted by atomic mass is 9.47. The van der Waals surface area contributed by atoms with E-state index in [9.17, 15) is 4.79 Å². The highest BCUT2D eigenvalue weighted by molar-refractivity contribution is 5.77. The Kier molecular flexibility index (Phi) is 4.38. The largest absolute Gasteiger partial charge is 0.342 e. The van der Waals surface area contributed by atoms with Gasteiger partial charge >= 0.3 is 0 Å². The fourth-order valence-corrected chi connectivity index (χ4v) is 8.59. The van der Waals surface area contributed by atoms with Gasteiger partial charge in [-0.3, -0.25) is 9.63 Å². The molecule has 2 aliphatic heterocycles. The van der Waals surface area contributed by atoms with Crippen LogP contribution in [0.4, 0.5) is 5.69 Å². The predicted molar refractivity (Wildman–Crippen MR) is 122 cm³/mol. The molecule has 1 aromatic carbocycles. The molecule has 0 radical (unpaired) electrons. The quantitative estimate of drug-likeness (QED) is 0.585. The molecule has 0 N–H and O–H groups in total. The minimum atomic E-state index is 0.226. The van der Waals surface area contributed by atoms with Gasteiger partial charge in [0.05, 0.1) is 12.2 Å². The lowest BCUT2D eigenvalue weighted by Crippen LogP contribution is -2.61. The van der Waals surface area contributed by atoms with Crippen LogP contribution in [-0.4, -0.2) is 36.5 Å². The zero-order valence-corrected chi connectivity index (χ0v) is 19.2. The van der Waals surface area contributed by atoms with Gasteiger partial charge in [0.25, 0.3) is 0 Å². The Balaban J connectivity index is 1.28. The molecular weight excluding hydrogens is 384 g/mol. The van der Waals surface area contributed by atoms with E-state index in [1.54, 1.807) is 5.57 Å². The smallest absolute Gasteiger partial charge is 0.222 e. The summed E-state index contributed by atoms with van der Waals surface area (Å²) in [5.41, 5.74) is 3.30. The van der Waals surface area contributed by atoms with Crippen LogP contribution < -0.4 is 5.06 Å². The Morgan fingerprint density at radius 2 is 1.84 bits per heavy atom. The molecule has 6 rings (SSSR count). The summed E-state index contributed by atoms with van der Waals surface area (Å²) in [6, 6.07) is 11.0. The normalized spacial score (nSPS) is 44.2. The number of para-hydroxylation sites is 1. The van der Waals surface area contributed by atoms with Crippen LogP contribution in [0.25, 0.3) is 0 Å². The maximum Gasteiger partial charge on any atom is 0.222 e. The summed E-state index contributed by atoms with van der Waals surface area (Å²) in [6.45, 7) is 5.89. The Morgan fingerprint density at radius 3 is 2.65 bits per heavy atom. The molecule has 166 valence electrons. The van der Waals surface area contributed by atoms with Gasteiger partial charge in [-0.15, -0.1) is 0 Å². The monoisotopic (exact) mass is 420 g/mol. The number of anilines is 1. The first kappa shape index (κ1) is 19.8. The number of nitrogens with zero attached hydrogens (tertiary/aromatic N) is 2. The van der Waals surface area contributed by atoms with Gasteiger partial charge in [-0.05, 0) is 84.8 Å². The first-order valence-electron chi connectivity index (χ1n) is 12.4. The molecule has 0 unspecified atom stereocenters. The molecule has 0 aromatic heterocycles. The molecule has 3 saturated carbocycles.